The van der Waals surface area contributed by atoms with Crippen LogP contribution in [0.1, 0.15) is 37.7 Å². The van der Waals surface area contributed by atoms with Gasteiger partial charge in [-0.3, -0.25) is 24.6 Å². The Balaban J connectivity index is 1.61. The van der Waals surface area contributed by atoms with Gasteiger partial charge in [-0.15, -0.1) is 0 Å². The molecule has 28 heavy (non-hydrogen) atoms. The molecule has 4 unspecified atom stereocenters. The molecule has 4 aliphatic rings. The predicted molar refractivity (Wildman–Crippen MR) is 108 cm³/mol. The zero-order valence-electron chi connectivity index (χ0n) is 15.9. The van der Waals surface area contributed by atoms with E-state index in [1.54, 1.807) is 11.8 Å². The van der Waals surface area contributed by atoms with Crippen molar-refractivity contribution in [2.45, 2.75) is 49.7 Å². The first-order valence-electron chi connectivity index (χ1n) is 10.1. The van der Waals surface area contributed by atoms with Crippen molar-refractivity contribution < 1.29 is 14.4 Å². The molecule has 7 heteroatoms. The van der Waals surface area contributed by atoms with Crippen LogP contribution >= 0.6 is 11.8 Å². The van der Waals surface area contributed by atoms with Gasteiger partial charge in [0.1, 0.15) is 5.54 Å². The Morgan fingerprint density at radius 1 is 1.14 bits per heavy atom. The van der Waals surface area contributed by atoms with Gasteiger partial charge in [0, 0.05) is 23.3 Å². The molecule has 0 bridgehead atoms. The number of fused-ring (bicyclic) bond motifs is 4. The molecule has 3 fully saturated rings. The minimum Gasteiger partial charge on any atom is -0.324 e. The maximum absolute atomic E-state index is 13.6. The summed E-state index contributed by atoms with van der Waals surface area (Å²) in [6.07, 6.45) is 6.67. The van der Waals surface area contributed by atoms with Crippen LogP contribution in [0.5, 0.6) is 0 Å². The van der Waals surface area contributed by atoms with Crippen molar-refractivity contribution in [3.05, 3.63) is 29.8 Å². The molecule has 0 radical (unpaired) electrons. The molecule has 5 rings (SSSR count). The Bertz CT molecular complexity index is 853. The van der Waals surface area contributed by atoms with Gasteiger partial charge in [0.05, 0.1) is 11.8 Å². The van der Waals surface area contributed by atoms with Crippen molar-refractivity contribution >= 4 is 35.2 Å². The van der Waals surface area contributed by atoms with Crippen LogP contribution in [0, 0.1) is 11.8 Å². The summed E-state index contributed by atoms with van der Waals surface area (Å²) in [5.74, 6) is -0.675. The first-order valence-corrected chi connectivity index (χ1v) is 11.5. The molecule has 0 aromatic heterocycles. The maximum atomic E-state index is 13.6. The van der Waals surface area contributed by atoms with Gasteiger partial charge in [-0.1, -0.05) is 31.0 Å². The zero-order valence-corrected chi connectivity index (χ0v) is 16.8. The highest BCUT2D eigenvalue weighted by molar-refractivity contribution is 7.98. The van der Waals surface area contributed by atoms with E-state index in [9.17, 15) is 14.4 Å². The summed E-state index contributed by atoms with van der Waals surface area (Å²) in [7, 11) is 0. The smallest absolute Gasteiger partial charge is 0.250 e. The van der Waals surface area contributed by atoms with Crippen molar-refractivity contribution in [3.8, 4) is 0 Å². The lowest BCUT2D eigenvalue weighted by molar-refractivity contribution is -0.145. The van der Waals surface area contributed by atoms with E-state index in [1.807, 2.05) is 30.5 Å². The second-order valence-electron chi connectivity index (χ2n) is 8.33. The van der Waals surface area contributed by atoms with E-state index in [2.05, 4.69) is 10.6 Å². The number of carbonyl (C=O) groups is 3. The number of carbonyl (C=O) groups excluding carboxylic acids is 3. The third-order valence-corrected chi connectivity index (χ3v) is 7.62. The van der Waals surface area contributed by atoms with Crippen LogP contribution in [0.3, 0.4) is 0 Å². The Morgan fingerprint density at radius 2 is 1.89 bits per heavy atom. The lowest BCUT2D eigenvalue weighted by atomic mass is 9.76. The van der Waals surface area contributed by atoms with Crippen molar-refractivity contribution in [1.29, 1.82) is 0 Å². The number of hydrogen-bond donors (Lipinski definition) is 2. The molecule has 2 N–H and O–H groups in total. The first kappa shape index (κ1) is 18.2. The number of hydrogen-bond acceptors (Lipinski definition) is 5. The molecular formula is C21H25N3O3S. The van der Waals surface area contributed by atoms with Gasteiger partial charge in [-0.25, -0.2) is 0 Å². The Kier molecular flexibility index (Phi) is 4.28. The Labute approximate surface area is 168 Å². The largest absolute Gasteiger partial charge is 0.324 e. The normalized spacial score (nSPS) is 34.4. The number of nitrogens with zero attached hydrogens (tertiary/aromatic N) is 1. The Hall–Kier alpha value is -1.86. The number of para-hydroxylation sites is 1. The summed E-state index contributed by atoms with van der Waals surface area (Å²) < 4.78 is 0. The molecule has 1 aromatic rings. The number of thioether (sulfide) groups is 1. The number of benzene rings is 1. The topological polar surface area (TPSA) is 78.5 Å². The van der Waals surface area contributed by atoms with Crippen molar-refractivity contribution in [3.63, 3.8) is 0 Å². The van der Waals surface area contributed by atoms with E-state index in [4.69, 9.17) is 0 Å². The molecule has 148 valence electrons. The average molecular weight is 400 g/mol. The standard InChI is InChI=1S/C21H25N3O3S/c1-28-11-10-15-16-17(19(26)24(18(16)25)12-6-2-3-7-12)21(23-15)13-8-4-5-9-14(13)22-20(21)27/h4-5,8-9,12,15-17,23H,2-3,6-7,10-11H2,1H3,(H,22,27). The van der Waals surface area contributed by atoms with Crippen LogP contribution in [-0.2, 0) is 19.9 Å². The molecule has 3 aliphatic heterocycles. The Morgan fingerprint density at radius 3 is 2.64 bits per heavy atom. The lowest BCUT2D eigenvalue weighted by Crippen LogP contribution is -2.54. The number of rotatable bonds is 4. The molecule has 1 aromatic carbocycles. The lowest BCUT2D eigenvalue weighted by Gasteiger charge is -2.31. The summed E-state index contributed by atoms with van der Waals surface area (Å²) in [5.41, 5.74) is 0.407. The monoisotopic (exact) mass is 399 g/mol. The molecule has 3 heterocycles. The third-order valence-electron chi connectivity index (χ3n) is 6.98. The second kappa shape index (κ2) is 6.59. The predicted octanol–water partition coefficient (Wildman–Crippen LogP) is 2.10. The van der Waals surface area contributed by atoms with Gasteiger partial charge >= 0.3 is 0 Å². The quantitative estimate of drug-likeness (QED) is 0.758. The average Bonchev–Trinajstić information content (AvgIpc) is 3.42. The summed E-state index contributed by atoms with van der Waals surface area (Å²) >= 11 is 1.72. The summed E-state index contributed by atoms with van der Waals surface area (Å²) in [5, 5.41) is 6.44. The van der Waals surface area contributed by atoms with Crippen molar-refractivity contribution in [1.82, 2.24) is 10.2 Å². The van der Waals surface area contributed by atoms with Crippen LogP contribution in [0.2, 0.25) is 0 Å². The minimum atomic E-state index is -1.13. The molecular weight excluding hydrogens is 374 g/mol. The van der Waals surface area contributed by atoms with Gasteiger partial charge in [-0.05, 0) is 37.3 Å². The van der Waals surface area contributed by atoms with E-state index >= 15 is 0 Å². The molecule has 2 saturated heterocycles. The maximum Gasteiger partial charge on any atom is 0.250 e. The van der Waals surface area contributed by atoms with Crippen molar-refractivity contribution in [2.24, 2.45) is 11.8 Å². The first-order chi connectivity index (χ1) is 13.6. The fraction of sp³-hybridized carbons (Fsp3) is 0.571. The molecule has 3 amide bonds. The second-order valence-corrected chi connectivity index (χ2v) is 9.31. The van der Waals surface area contributed by atoms with Gasteiger partial charge in [0.2, 0.25) is 17.7 Å². The molecule has 1 spiro atoms. The van der Waals surface area contributed by atoms with E-state index < -0.39 is 17.4 Å². The van der Waals surface area contributed by atoms with Gasteiger partial charge in [-0.2, -0.15) is 11.8 Å². The summed E-state index contributed by atoms with van der Waals surface area (Å²) in [6, 6.07) is 7.37. The number of amides is 3. The zero-order chi connectivity index (χ0) is 19.5. The summed E-state index contributed by atoms with van der Waals surface area (Å²) in [6.45, 7) is 0. The third kappa shape index (κ3) is 2.29. The highest BCUT2D eigenvalue weighted by atomic mass is 32.2. The molecule has 1 aliphatic carbocycles. The number of likely N-dealkylation sites (tertiary alicyclic amines) is 1. The van der Waals surface area contributed by atoms with Crippen LogP contribution in [0.4, 0.5) is 5.69 Å². The number of imide groups is 1. The van der Waals surface area contributed by atoms with Gasteiger partial charge in [0.25, 0.3) is 0 Å². The van der Waals surface area contributed by atoms with E-state index in [0.717, 1.165) is 49.1 Å². The van der Waals surface area contributed by atoms with Gasteiger partial charge in [0.15, 0.2) is 0 Å². The fourth-order valence-corrected chi connectivity index (χ4v) is 6.29. The SMILES string of the molecule is CSCCC1NC2(C(=O)Nc3ccccc32)C2C(=O)N(C3CCCC3)C(=O)C12. The summed E-state index contributed by atoms with van der Waals surface area (Å²) in [4.78, 5) is 41.8. The van der Waals surface area contributed by atoms with Crippen LogP contribution in [0.25, 0.3) is 0 Å². The van der Waals surface area contributed by atoms with E-state index in [1.165, 1.54) is 4.90 Å². The minimum absolute atomic E-state index is 0.00329. The van der Waals surface area contributed by atoms with Crippen molar-refractivity contribution in [2.75, 3.05) is 17.3 Å². The molecule has 1 saturated carbocycles. The molecule has 4 atom stereocenters. The van der Waals surface area contributed by atoms with Crippen LogP contribution in [0.15, 0.2) is 24.3 Å². The molecule has 6 nitrogen and oxygen atoms in total. The van der Waals surface area contributed by atoms with Gasteiger partial charge < -0.3 is 5.32 Å². The van der Waals surface area contributed by atoms with E-state index in [-0.39, 0.29) is 29.8 Å². The highest BCUT2D eigenvalue weighted by Crippen LogP contribution is 2.54. The fourth-order valence-electron chi connectivity index (χ4n) is 5.80. The van der Waals surface area contributed by atoms with Crippen LogP contribution in [-0.4, -0.2) is 46.7 Å². The van der Waals surface area contributed by atoms with Crippen LogP contribution < -0.4 is 10.6 Å². The number of anilines is 1. The number of nitrogens with one attached hydrogen (secondary N) is 2. The van der Waals surface area contributed by atoms with E-state index in [0.29, 0.717) is 0 Å². The highest BCUT2D eigenvalue weighted by Gasteiger charge is 2.70.